The van der Waals surface area contributed by atoms with E-state index in [0.717, 1.165) is 16.8 Å². The fourth-order valence-corrected chi connectivity index (χ4v) is 2.36. The number of hydrogen-bond acceptors (Lipinski definition) is 3. The van der Waals surface area contributed by atoms with Crippen molar-refractivity contribution in [3.05, 3.63) is 76.1 Å². The molecule has 0 bridgehead atoms. The van der Waals surface area contributed by atoms with Gasteiger partial charge in [0.25, 0.3) is 5.56 Å². The molecule has 0 fully saturated rings. The molecule has 0 aliphatic heterocycles. The first-order chi connectivity index (χ1) is 10.6. The van der Waals surface area contributed by atoms with Crippen LogP contribution in [0.3, 0.4) is 0 Å². The Morgan fingerprint density at radius 1 is 1.00 bits per heavy atom. The average Bonchev–Trinajstić information content (AvgIpc) is 2.50. The summed E-state index contributed by atoms with van der Waals surface area (Å²) in [5, 5.41) is 3.18. The van der Waals surface area contributed by atoms with E-state index in [1.807, 2.05) is 56.3 Å². The summed E-state index contributed by atoms with van der Waals surface area (Å²) < 4.78 is 0. The Hall–Kier alpha value is -2.88. The van der Waals surface area contributed by atoms with Crippen LogP contribution >= 0.6 is 0 Å². The molecule has 110 valence electrons. The number of aromatic nitrogens is 2. The maximum Gasteiger partial charge on any atom is 0.252 e. The van der Waals surface area contributed by atoms with Gasteiger partial charge < -0.3 is 5.32 Å². The summed E-state index contributed by atoms with van der Waals surface area (Å²) >= 11 is 0. The molecule has 0 saturated heterocycles. The number of hydrogen-bond donors (Lipinski definition) is 2. The summed E-state index contributed by atoms with van der Waals surface area (Å²) in [7, 11) is 0. The van der Waals surface area contributed by atoms with Crippen LogP contribution in [0.25, 0.3) is 11.3 Å². The molecule has 0 radical (unpaired) electrons. The molecule has 2 N–H and O–H groups in total. The largest absolute Gasteiger partial charge is 0.325 e. The van der Waals surface area contributed by atoms with Crippen molar-refractivity contribution in [2.45, 2.75) is 13.8 Å². The molecule has 3 rings (SSSR count). The molecule has 0 aliphatic carbocycles. The van der Waals surface area contributed by atoms with Gasteiger partial charge in [-0.15, -0.1) is 0 Å². The Balaban J connectivity index is 1.98. The van der Waals surface area contributed by atoms with Crippen LogP contribution in [0.5, 0.6) is 0 Å². The first kappa shape index (κ1) is 14.1. The minimum Gasteiger partial charge on any atom is -0.325 e. The van der Waals surface area contributed by atoms with E-state index in [2.05, 4.69) is 21.4 Å². The molecule has 1 aromatic heterocycles. The van der Waals surface area contributed by atoms with Gasteiger partial charge in [0.05, 0.1) is 5.69 Å². The quantitative estimate of drug-likeness (QED) is 0.771. The van der Waals surface area contributed by atoms with Gasteiger partial charge in [0.1, 0.15) is 0 Å². The predicted octanol–water partition coefficient (Wildman–Crippen LogP) is 3.80. The lowest BCUT2D eigenvalue weighted by atomic mass is 10.1. The van der Waals surface area contributed by atoms with Gasteiger partial charge in [-0.05, 0) is 25.5 Å². The number of H-pyrrole nitrogens is 1. The molecule has 0 amide bonds. The summed E-state index contributed by atoms with van der Waals surface area (Å²) in [5.74, 6) is 0.443. The number of aryl methyl sites for hydroxylation is 2. The highest BCUT2D eigenvalue weighted by Gasteiger charge is 2.05. The Kier molecular flexibility index (Phi) is 3.74. The van der Waals surface area contributed by atoms with E-state index in [1.165, 1.54) is 11.6 Å². The fourth-order valence-electron chi connectivity index (χ4n) is 2.36. The summed E-state index contributed by atoms with van der Waals surface area (Å²) in [5.41, 5.74) is 4.62. The molecule has 22 heavy (non-hydrogen) atoms. The fraction of sp³-hybridized carbons (Fsp3) is 0.111. The second-order valence-corrected chi connectivity index (χ2v) is 5.29. The third-order valence-electron chi connectivity index (χ3n) is 3.45. The lowest BCUT2D eigenvalue weighted by molar-refractivity contribution is 1.12. The maximum absolute atomic E-state index is 11.9. The van der Waals surface area contributed by atoms with E-state index >= 15 is 0 Å². The highest BCUT2D eigenvalue weighted by molar-refractivity contribution is 5.63. The van der Waals surface area contributed by atoms with Crippen molar-refractivity contribution in [3.63, 3.8) is 0 Å². The van der Waals surface area contributed by atoms with Gasteiger partial charge in [-0.3, -0.25) is 9.78 Å². The predicted molar refractivity (Wildman–Crippen MR) is 89.5 cm³/mol. The van der Waals surface area contributed by atoms with Crippen molar-refractivity contribution in [1.82, 2.24) is 9.97 Å². The zero-order valence-electron chi connectivity index (χ0n) is 12.6. The van der Waals surface area contributed by atoms with Crippen LogP contribution in [0.1, 0.15) is 11.1 Å². The van der Waals surface area contributed by atoms with Gasteiger partial charge in [-0.1, -0.05) is 48.0 Å². The normalized spacial score (nSPS) is 10.5. The highest BCUT2D eigenvalue weighted by Crippen LogP contribution is 2.21. The van der Waals surface area contributed by atoms with Crippen LogP contribution in [0, 0.1) is 13.8 Å². The molecular formula is C18H17N3O. The minimum atomic E-state index is -0.180. The Morgan fingerprint density at radius 2 is 1.77 bits per heavy atom. The lowest BCUT2D eigenvalue weighted by Gasteiger charge is -2.10. The molecule has 0 saturated carbocycles. The second-order valence-electron chi connectivity index (χ2n) is 5.29. The van der Waals surface area contributed by atoms with Crippen LogP contribution in [-0.2, 0) is 0 Å². The van der Waals surface area contributed by atoms with E-state index in [-0.39, 0.29) is 5.56 Å². The van der Waals surface area contributed by atoms with Gasteiger partial charge in [-0.25, -0.2) is 4.98 Å². The molecule has 0 atom stereocenters. The molecular weight excluding hydrogens is 274 g/mol. The van der Waals surface area contributed by atoms with Crippen molar-refractivity contribution in [1.29, 1.82) is 0 Å². The number of nitrogens with one attached hydrogen (secondary N) is 2. The number of aromatic amines is 1. The second kappa shape index (κ2) is 5.85. The zero-order valence-corrected chi connectivity index (χ0v) is 12.6. The number of anilines is 2. The van der Waals surface area contributed by atoms with E-state index in [0.29, 0.717) is 11.6 Å². The van der Waals surface area contributed by atoms with Crippen LogP contribution in [0.15, 0.2) is 59.4 Å². The topological polar surface area (TPSA) is 57.8 Å². The first-order valence-corrected chi connectivity index (χ1v) is 7.13. The van der Waals surface area contributed by atoms with Crippen LogP contribution < -0.4 is 10.9 Å². The molecule has 0 spiro atoms. The van der Waals surface area contributed by atoms with Gasteiger partial charge in [0, 0.05) is 17.3 Å². The van der Waals surface area contributed by atoms with Crippen molar-refractivity contribution < 1.29 is 0 Å². The Bertz CT molecular complexity index is 854. The minimum absolute atomic E-state index is 0.180. The monoisotopic (exact) mass is 291 g/mol. The van der Waals surface area contributed by atoms with Crippen LogP contribution in [-0.4, -0.2) is 9.97 Å². The molecule has 0 unspecified atom stereocenters. The SMILES string of the molecule is Cc1ccc(Nc2nc(-c3ccccc3)cc(=O)[nH]2)c(C)c1. The van der Waals surface area contributed by atoms with Crippen molar-refractivity contribution in [2.24, 2.45) is 0 Å². The van der Waals surface area contributed by atoms with E-state index in [9.17, 15) is 4.79 Å². The van der Waals surface area contributed by atoms with Gasteiger partial charge in [0.15, 0.2) is 0 Å². The molecule has 1 heterocycles. The van der Waals surface area contributed by atoms with Gasteiger partial charge in [-0.2, -0.15) is 0 Å². The van der Waals surface area contributed by atoms with E-state index < -0.39 is 0 Å². The molecule has 3 aromatic rings. The number of rotatable bonds is 3. The number of nitrogens with zero attached hydrogens (tertiary/aromatic N) is 1. The molecule has 2 aromatic carbocycles. The van der Waals surface area contributed by atoms with E-state index in [1.54, 1.807) is 0 Å². The summed E-state index contributed by atoms with van der Waals surface area (Å²) in [4.78, 5) is 19.1. The molecule has 0 aliphatic rings. The Labute approximate surface area is 128 Å². The Morgan fingerprint density at radius 3 is 2.50 bits per heavy atom. The standard InChI is InChI=1S/C18H17N3O/c1-12-8-9-15(13(2)10-12)19-18-20-16(11-17(22)21-18)14-6-4-3-5-7-14/h3-11H,1-2H3,(H2,19,20,21,22). The summed E-state index contributed by atoms with van der Waals surface area (Å²) in [6.07, 6.45) is 0. The smallest absolute Gasteiger partial charge is 0.252 e. The van der Waals surface area contributed by atoms with Gasteiger partial charge in [0.2, 0.25) is 5.95 Å². The third-order valence-corrected chi connectivity index (χ3v) is 3.45. The lowest BCUT2D eigenvalue weighted by Crippen LogP contribution is -2.10. The summed E-state index contributed by atoms with van der Waals surface area (Å²) in [6.45, 7) is 4.07. The molecule has 4 heteroatoms. The van der Waals surface area contributed by atoms with Gasteiger partial charge >= 0.3 is 0 Å². The van der Waals surface area contributed by atoms with Crippen LogP contribution in [0.2, 0.25) is 0 Å². The van der Waals surface area contributed by atoms with Crippen LogP contribution in [0.4, 0.5) is 11.6 Å². The number of benzene rings is 2. The molecule has 4 nitrogen and oxygen atoms in total. The van der Waals surface area contributed by atoms with Crippen molar-refractivity contribution in [2.75, 3.05) is 5.32 Å². The first-order valence-electron chi connectivity index (χ1n) is 7.13. The average molecular weight is 291 g/mol. The third kappa shape index (κ3) is 3.06. The van der Waals surface area contributed by atoms with E-state index in [4.69, 9.17) is 0 Å². The summed E-state index contributed by atoms with van der Waals surface area (Å²) in [6, 6.07) is 17.3. The maximum atomic E-state index is 11.9. The van der Waals surface area contributed by atoms with Crippen molar-refractivity contribution >= 4 is 11.6 Å². The van der Waals surface area contributed by atoms with Crippen molar-refractivity contribution in [3.8, 4) is 11.3 Å². The zero-order chi connectivity index (χ0) is 15.5. The highest BCUT2D eigenvalue weighted by atomic mass is 16.1.